The summed E-state index contributed by atoms with van der Waals surface area (Å²) in [5, 5.41) is 9.35. The minimum atomic E-state index is -0.604. The van der Waals surface area contributed by atoms with Gasteiger partial charge in [-0.05, 0) is 24.1 Å². The second-order valence-electron chi connectivity index (χ2n) is 2.71. The van der Waals surface area contributed by atoms with Crippen LogP contribution in [0.25, 0.3) is 0 Å². The number of benzene rings is 1. The van der Waals surface area contributed by atoms with E-state index in [1.807, 2.05) is 0 Å². The Labute approximate surface area is 76.6 Å². The van der Waals surface area contributed by atoms with Crippen molar-refractivity contribution in [2.45, 2.75) is 13.0 Å². The van der Waals surface area contributed by atoms with E-state index in [0.717, 1.165) is 0 Å². The molecule has 66 valence electrons. The fourth-order valence-corrected chi connectivity index (χ4v) is 1.19. The molecule has 1 aromatic carbocycles. The SMILES string of the molecule is Cc1cc(C(O)CS)ccc1F. The van der Waals surface area contributed by atoms with Crippen LogP contribution in [-0.2, 0) is 0 Å². The van der Waals surface area contributed by atoms with E-state index in [4.69, 9.17) is 0 Å². The van der Waals surface area contributed by atoms with Gasteiger partial charge in [-0.25, -0.2) is 4.39 Å². The molecule has 0 saturated carbocycles. The van der Waals surface area contributed by atoms with Crippen LogP contribution in [0.4, 0.5) is 4.39 Å². The molecule has 0 aliphatic rings. The van der Waals surface area contributed by atoms with E-state index in [0.29, 0.717) is 16.9 Å². The minimum Gasteiger partial charge on any atom is -0.388 e. The zero-order valence-electron chi connectivity index (χ0n) is 6.79. The Balaban J connectivity index is 2.96. The molecule has 3 heteroatoms. The van der Waals surface area contributed by atoms with E-state index >= 15 is 0 Å². The summed E-state index contributed by atoms with van der Waals surface area (Å²) < 4.78 is 12.8. The van der Waals surface area contributed by atoms with Crippen molar-refractivity contribution >= 4 is 12.6 Å². The van der Waals surface area contributed by atoms with Gasteiger partial charge in [-0.2, -0.15) is 12.6 Å². The second-order valence-corrected chi connectivity index (χ2v) is 3.07. The lowest BCUT2D eigenvalue weighted by Crippen LogP contribution is -1.99. The average Bonchev–Trinajstić information content (AvgIpc) is 2.08. The fourth-order valence-electron chi connectivity index (χ4n) is 0.981. The molecule has 1 rings (SSSR count). The van der Waals surface area contributed by atoms with Crippen LogP contribution in [-0.4, -0.2) is 10.9 Å². The van der Waals surface area contributed by atoms with Crippen molar-refractivity contribution in [3.8, 4) is 0 Å². The number of hydrogen-bond acceptors (Lipinski definition) is 2. The maximum Gasteiger partial charge on any atom is 0.126 e. The van der Waals surface area contributed by atoms with Crippen LogP contribution >= 0.6 is 12.6 Å². The summed E-state index contributed by atoms with van der Waals surface area (Å²) in [5.41, 5.74) is 1.26. The van der Waals surface area contributed by atoms with Crippen LogP contribution in [0.15, 0.2) is 18.2 Å². The molecule has 0 aromatic heterocycles. The van der Waals surface area contributed by atoms with Gasteiger partial charge in [-0.1, -0.05) is 12.1 Å². The third-order valence-electron chi connectivity index (χ3n) is 1.74. The van der Waals surface area contributed by atoms with Crippen molar-refractivity contribution in [3.63, 3.8) is 0 Å². The first-order chi connectivity index (χ1) is 5.65. The molecule has 0 heterocycles. The molecule has 1 aromatic rings. The fraction of sp³-hybridized carbons (Fsp3) is 0.333. The molecule has 0 bridgehead atoms. The van der Waals surface area contributed by atoms with E-state index in [-0.39, 0.29) is 5.82 Å². The summed E-state index contributed by atoms with van der Waals surface area (Å²) in [4.78, 5) is 0. The highest BCUT2D eigenvalue weighted by Gasteiger charge is 2.06. The third kappa shape index (κ3) is 1.99. The van der Waals surface area contributed by atoms with Crippen LogP contribution < -0.4 is 0 Å². The lowest BCUT2D eigenvalue weighted by atomic mass is 10.1. The number of rotatable bonds is 2. The molecule has 0 saturated heterocycles. The van der Waals surface area contributed by atoms with Crippen molar-refractivity contribution < 1.29 is 9.50 Å². The topological polar surface area (TPSA) is 20.2 Å². The Morgan fingerprint density at radius 2 is 2.25 bits per heavy atom. The first kappa shape index (κ1) is 9.55. The molecule has 0 fully saturated rings. The second kappa shape index (κ2) is 3.92. The van der Waals surface area contributed by atoms with Gasteiger partial charge in [0.05, 0.1) is 6.10 Å². The molecule has 0 amide bonds. The molecule has 0 aliphatic heterocycles. The normalized spacial score (nSPS) is 13.0. The van der Waals surface area contributed by atoms with E-state index in [1.54, 1.807) is 19.1 Å². The minimum absolute atomic E-state index is 0.245. The van der Waals surface area contributed by atoms with Crippen molar-refractivity contribution in [3.05, 3.63) is 35.1 Å². The third-order valence-corrected chi connectivity index (χ3v) is 2.09. The summed E-state index contributed by atoms with van der Waals surface area (Å²) in [6.07, 6.45) is -0.604. The Bertz CT molecular complexity index is 275. The van der Waals surface area contributed by atoms with Crippen molar-refractivity contribution in [2.75, 3.05) is 5.75 Å². The molecule has 0 spiro atoms. The maximum absolute atomic E-state index is 12.8. The monoisotopic (exact) mass is 186 g/mol. The number of aliphatic hydroxyl groups is 1. The zero-order chi connectivity index (χ0) is 9.14. The quantitative estimate of drug-likeness (QED) is 0.678. The summed E-state index contributed by atoms with van der Waals surface area (Å²) in [6.45, 7) is 1.67. The molecule has 0 aliphatic carbocycles. The number of thiol groups is 1. The van der Waals surface area contributed by atoms with Crippen LogP contribution in [0.2, 0.25) is 0 Å². The Morgan fingerprint density at radius 1 is 1.58 bits per heavy atom. The zero-order valence-corrected chi connectivity index (χ0v) is 7.68. The average molecular weight is 186 g/mol. The Morgan fingerprint density at radius 3 is 2.75 bits per heavy atom. The predicted octanol–water partition coefficient (Wildman–Crippen LogP) is 2.10. The van der Waals surface area contributed by atoms with Crippen molar-refractivity contribution in [1.29, 1.82) is 0 Å². The van der Waals surface area contributed by atoms with Crippen molar-refractivity contribution in [1.82, 2.24) is 0 Å². The summed E-state index contributed by atoms with van der Waals surface area (Å²) in [5.74, 6) is 0.107. The largest absolute Gasteiger partial charge is 0.388 e. The smallest absolute Gasteiger partial charge is 0.126 e. The highest BCUT2D eigenvalue weighted by Crippen LogP contribution is 2.17. The molecule has 1 N–H and O–H groups in total. The molecule has 1 unspecified atom stereocenters. The van der Waals surface area contributed by atoms with Gasteiger partial charge >= 0.3 is 0 Å². The van der Waals surface area contributed by atoms with Crippen LogP contribution in [0, 0.1) is 12.7 Å². The van der Waals surface area contributed by atoms with Gasteiger partial charge in [0.2, 0.25) is 0 Å². The molecular weight excluding hydrogens is 175 g/mol. The van der Waals surface area contributed by atoms with Gasteiger partial charge < -0.3 is 5.11 Å². The van der Waals surface area contributed by atoms with Gasteiger partial charge in [0.25, 0.3) is 0 Å². The lowest BCUT2D eigenvalue weighted by Gasteiger charge is -2.08. The van der Waals surface area contributed by atoms with Gasteiger partial charge in [0.15, 0.2) is 0 Å². The molecule has 0 radical (unpaired) electrons. The molecular formula is C9H11FOS. The van der Waals surface area contributed by atoms with Gasteiger partial charge in [0, 0.05) is 5.75 Å². The highest BCUT2D eigenvalue weighted by atomic mass is 32.1. The Hall–Kier alpha value is -0.540. The van der Waals surface area contributed by atoms with Crippen LogP contribution in [0.5, 0.6) is 0 Å². The van der Waals surface area contributed by atoms with Crippen LogP contribution in [0.3, 0.4) is 0 Å². The first-order valence-corrected chi connectivity index (χ1v) is 4.33. The highest BCUT2D eigenvalue weighted by molar-refractivity contribution is 7.80. The van der Waals surface area contributed by atoms with E-state index in [1.165, 1.54) is 6.07 Å². The predicted molar refractivity (Wildman–Crippen MR) is 49.9 cm³/mol. The van der Waals surface area contributed by atoms with Gasteiger partial charge in [-0.15, -0.1) is 0 Å². The van der Waals surface area contributed by atoms with E-state index in [2.05, 4.69) is 12.6 Å². The Kier molecular flexibility index (Phi) is 3.12. The number of hydrogen-bond donors (Lipinski definition) is 2. The lowest BCUT2D eigenvalue weighted by molar-refractivity contribution is 0.204. The van der Waals surface area contributed by atoms with Gasteiger partial charge in [0.1, 0.15) is 5.82 Å². The summed E-state index contributed by atoms with van der Waals surface area (Å²) >= 11 is 3.94. The summed E-state index contributed by atoms with van der Waals surface area (Å²) in [6, 6.07) is 4.57. The van der Waals surface area contributed by atoms with E-state index in [9.17, 15) is 9.50 Å². The van der Waals surface area contributed by atoms with E-state index < -0.39 is 6.10 Å². The maximum atomic E-state index is 12.8. The molecule has 1 atom stereocenters. The van der Waals surface area contributed by atoms with Gasteiger partial charge in [-0.3, -0.25) is 0 Å². The molecule has 12 heavy (non-hydrogen) atoms. The number of halogens is 1. The summed E-state index contributed by atoms with van der Waals surface area (Å²) in [7, 11) is 0. The van der Waals surface area contributed by atoms with Crippen LogP contribution in [0.1, 0.15) is 17.2 Å². The van der Waals surface area contributed by atoms with Crippen molar-refractivity contribution in [2.24, 2.45) is 0 Å². The number of aliphatic hydroxyl groups excluding tert-OH is 1. The standard InChI is InChI=1S/C9H11FOS/c1-6-4-7(9(11)5-12)2-3-8(6)10/h2-4,9,11-12H,5H2,1H3. The molecule has 1 nitrogen and oxygen atoms in total. The number of aryl methyl sites for hydroxylation is 1. The first-order valence-electron chi connectivity index (χ1n) is 3.70.